The van der Waals surface area contributed by atoms with Crippen molar-refractivity contribution in [2.75, 3.05) is 5.32 Å². The maximum Gasteiger partial charge on any atom is 0.358 e. The van der Waals surface area contributed by atoms with Crippen LogP contribution in [-0.2, 0) is 9.53 Å². The SMILES string of the molecule is CC(=O)c1cccc(NC(=O)[C@@H](C)OC(=O)c2csc(-c3ccc(F)cc3)n2)c1. The Kier molecular flexibility index (Phi) is 6.13. The van der Waals surface area contributed by atoms with Crippen molar-refractivity contribution in [1.29, 1.82) is 0 Å². The number of aromatic nitrogens is 1. The number of carbonyl (C=O) groups is 3. The molecule has 1 amide bonds. The van der Waals surface area contributed by atoms with Crippen molar-refractivity contribution >= 4 is 34.7 Å². The van der Waals surface area contributed by atoms with Gasteiger partial charge < -0.3 is 10.1 Å². The van der Waals surface area contributed by atoms with Gasteiger partial charge in [-0.15, -0.1) is 11.3 Å². The second kappa shape index (κ2) is 8.74. The predicted octanol–water partition coefficient (Wildman–Crippen LogP) is 4.34. The van der Waals surface area contributed by atoms with Crippen LogP contribution in [0.3, 0.4) is 0 Å². The second-order valence-corrected chi connectivity index (χ2v) is 7.08. The third-order valence-corrected chi connectivity index (χ3v) is 4.89. The fraction of sp³-hybridized carbons (Fsp3) is 0.143. The van der Waals surface area contributed by atoms with Gasteiger partial charge in [0.05, 0.1) is 0 Å². The Morgan fingerprint density at radius 3 is 2.55 bits per heavy atom. The van der Waals surface area contributed by atoms with Gasteiger partial charge in [0.25, 0.3) is 5.91 Å². The van der Waals surface area contributed by atoms with Gasteiger partial charge in [-0.25, -0.2) is 14.2 Å². The van der Waals surface area contributed by atoms with Crippen LogP contribution in [0.2, 0.25) is 0 Å². The van der Waals surface area contributed by atoms with Crippen LogP contribution in [0, 0.1) is 5.82 Å². The lowest BCUT2D eigenvalue weighted by Gasteiger charge is -2.13. The molecule has 0 unspecified atom stereocenters. The van der Waals surface area contributed by atoms with Crippen molar-refractivity contribution in [2.45, 2.75) is 20.0 Å². The van der Waals surface area contributed by atoms with Gasteiger partial charge in [-0.3, -0.25) is 9.59 Å². The van der Waals surface area contributed by atoms with Gasteiger partial charge >= 0.3 is 5.97 Å². The monoisotopic (exact) mass is 412 g/mol. The first kappa shape index (κ1) is 20.3. The van der Waals surface area contributed by atoms with E-state index in [-0.39, 0.29) is 17.3 Å². The van der Waals surface area contributed by atoms with Crippen LogP contribution in [-0.4, -0.2) is 28.7 Å². The van der Waals surface area contributed by atoms with Gasteiger partial charge in [0.1, 0.15) is 10.8 Å². The topological polar surface area (TPSA) is 85.4 Å². The number of ether oxygens (including phenoxy) is 1. The molecule has 29 heavy (non-hydrogen) atoms. The van der Waals surface area contributed by atoms with Crippen molar-refractivity contribution in [3.63, 3.8) is 0 Å². The number of nitrogens with one attached hydrogen (secondary N) is 1. The first-order valence-electron chi connectivity index (χ1n) is 8.68. The van der Waals surface area contributed by atoms with Crippen LogP contribution in [0.4, 0.5) is 10.1 Å². The lowest BCUT2D eigenvalue weighted by atomic mass is 10.1. The van der Waals surface area contributed by atoms with E-state index in [0.29, 0.717) is 21.8 Å². The molecule has 0 aliphatic heterocycles. The minimum atomic E-state index is -1.07. The number of Topliss-reactive ketones (excluding diaryl/α,β-unsaturated/α-hetero) is 1. The molecule has 1 atom stereocenters. The summed E-state index contributed by atoms with van der Waals surface area (Å²) < 4.78 is 18.2. The molecular formula is C21H17FN2O4S. The summed E-state index contributed by atoms with van der Waals surface area (Å²) in [7, 11) is 0. The Bertz CT molecular complexity index is 1060. The molecule has 0 saturated carbocycles. The fourth-order valence-corrected chi connectivity index (χ4v) is 3.22. The van der Waals surface area contributed by atoms with Crippen LogP contribution in [0.1, 0.15) is 34.7 Å². The van der Waals surface area contributed by atoms with E-state index in [1.165, 1.54) is 42.7 Å². The van der Waals surface area contributed by atoms with E-state index in [0.717, 1.165) is 0 Å². The third-order valence-electron chi connectivity index (χ3n) is 3.99. The molecule has 3 rings (SSSR count). The highest BCUT2D eigenvalue weighted by molar-refractivity contribution is 7.13. The number of benzene rings is 2. The number of nitrogens with zero attached hydrogens (tertiary/aromatic N) is 1. The Morgan fingerprint density at radius 2 is 1.86 bits per heavy atom. The van der Waals surface area contributed by atoms with Gasteiger partial charge in [0.15, 0.2) is 17.6 Å². The van der Waals surface area contributed by atoms with E-state index in [1.54, 1.807) is 36.4 Å². The highest BCUT2D eigenvalue weighted by Crippen LogP contribution is 2.24. The molecule has 0 fully saturated rings. The average molecular weight is 412 g/mol. The average Bonchev–Trinajstić information content (AvgIpc) is 3.19. The van der Waals surface area contributed by atoms with Gasteiger partial charge in [0.2, 0.25) is 0 Å². The number of amides is 1. The molecule has 1 N–H and O–H groups in total. The molecule has 148 valence electrons. The Labute approximate surface area is 170 Å². The summed E-state index contributed by atoms with van der Waals surface area (Å²) >= 11 is 1.21. The van der Waals surface area contributed by atoms with E-state index in [9.17, 15) is 18.8 Å². The first-order chi connectivity index (χ1) is 13.8. The normalized spacial score (nSPS) is 11.6. The number of halogens is 1. The van der Waals surface area contributed by atoms with Gasteiger partial charge in [-0.1, -0.05) is 12.1 Å². The lowest BCUT2D eigenvalue weighted by Crippen LogP contribution is -2.30. The van der Waals surface area contributed by atoms with Crippen LogP contribution in [0.5, 0.6) is 0 Å². The maximum absolute atomic E-state index is 13.0. The fourth-order valence-electron chi connectivity index (χ4n) is 2.43. The molecule has 1 aromatic heterocycles. The van der Waals surface area contributed by atoms with Crippen molar-refractivity contribution in [3.05, 3.63) is 71.0 Å². The lowest BCUT2D eigenvalue weighted by molar-refractivity contribution is -0.123. The zero-order valence-corrected chi connectivity index (χ0v) is 16.5. The largest absolute Gasteiger partial charge is 0.448 e. The van der Waals surface area contributed by atoms with Gasteiger partial charge in [-0.2, -0.15) is 0 Å². The molecule has 3 aromatic rings. The number of ketones is 1. The molecule has 0 spiro atoms. The minimum absolute atomic E-state index is 0.0625. The number of thiazole rings is 1. The van der Waals surface area contributed by atoms with E-state index in [1.807, 2.05) is 0 Å². The minimum Gasteiger partial charge on any atom is -0.448 e. The maximum atomic E-state index is 13.0. The van der Waals surface area contributed by atoms with Crippen molar-refractivity contribution in [1.82, 2.24) is 4.98 Å². The quantitative estimate of drug-likeness (QED) is 0.481. The standard InChI is InChI=1S/C21H17FN2O4S/c1-12(25)15-4-3-5-17(10-15)23-19(26)13(2)28-21(27)18-11-29-20(24-18)14-6-8-16(22)9-7-14/h3-11,13H,1-2H3,(H,23,26)/t13-/m1/s1. The summed E-state index contributed by atoms with van der Waals surface area (Å²) in [6.07, 6.45) is -1.07. The Hall–Kier alpha value is -3.39. The number of hydrogen-bond acceptors (Lipinski definition) is 6. The number of esters is 1. The molecule has 0 saturated heterocycles. The van der Waals surface area contributed by atoms with Crippen molar-refractivity contribution in [3.8, 4) is 10.6 Å². The van der Waals surface area contributed by atoms with Crippen LogP contribution in [0.25, 0.3) is 10.6 Å². The summed E-state index contributed by atoms with van der Waals surface area (Å²) in [6, 6.07) is 12.2. The highest BCUT2D eigenvalue weighted by Gasteiger charge is 2.21. The second-order valence-electron chi connectivity index (χ2n) is 6.22. The summed E-state index contributed by atoms with van der Waals surface area (Å²) in [6.45, 7) is 2.87. The van der Waals surface area contributed by atoms with Crippen LogP contribution < -0.4 is 5.32 Å². The summed E-state index contributed by atoms with van der Waals surface area (Å²) in [5.41, 5.74) is 1.63. The van der Waals surface area contributed by atoms with Crippen LogP contribution in [0.15, 0.2) is 53.9 Å². The molecule has 1 heterocycles. The van der Waals surface area contributed by atoms with Crippen molar-refractivity contribution < 1.29 is 23.5 Å². The number of carbonyl (C=O) groups excluding carboxylic acids is 3. The number of rotatable bonds is 6. The molecule has 0 aliphatic rings. The first-order valence-corrected chi connectivity index (χ1v) is 9.56. The zero-order chi connectivity index (χ0) is 21.0. The van der Waals surface area contributed by atoms with Gasteiger partial charge in [-0.05, 0) is 50.2 Å². The Balaban J connectivity index is 1.63. The molecule has 8 heteroatoms. The predicted molar refractivity (Wildman–Crippen MR) is 107 cm³/mol. The molecule has 6 nitrogen and oxygen atoms in total. The van der Waals surface area contributed by atoms with Gasteiger partial charge in [0, 0.05) is 22.2 Å². The van der Waals surface area contributed by atoms with E-state index in [2.05, 4.69) is 10.3 Å². The summed E-state index contributed by atoms with van der Waals surface area (Å²) in [5, 5.41) is 4.66. The zero-order valence-electron chi connectivity index (χ0n) is 15.6. The van der Waals surface area contributed by atoms with E-state index >= 15 is 0 Å². The molecule has 0 bridgehead atoms. The smallest absolute Gasteiger partial charge is 0.358 e. The molecule has 0 radical (unpaired) electrons. The number of hydrogen-bond donors (Lipinski definition) is 1. The molecule has 2 aromatic carbocycles. The van der Waals surface area contributed by atoms with E-state index < -0.39 is 18.0 Å². The molecule has 0 aliphatic carbocycles. The van der Waals surface area contributed by atoms with E-state index in [4.69, 9.17) is 4.74 Å². The molecular weight excluding hydrogens is 395 g/mol. The van der Waals surface area contributed by atoms with Crippen molar-refractivity contribution in [2.24, 2.45) is 0 Å². The third kappa shape index (κ3) is 5.11. The summed E-state index contributed by atoms with van der Waals surface area (Å²) in [5.74, 6) is -1.76. The Morgan fingerprint density at radius 1 is 1.14 bits per heavy atom. The highest BCUT2D eigenvalue weighted by atomic mass is 32.1. The summed E-state index contributed by atoms with van der Waals surface area (Å²) in [4.78, 5) is 40.2. The van der Waals surface area contributed by atoms with Crippen LogP contribution >= 0.6 is 11.3 Å². The number of anilines is 1.